The van der Waals surface area contributed by atoms with E-state index >= 15 is 0 Å². The maximum absolute atomic E-state index is 12.2. The molecule has 0 radical (unpaired) electrons. The fourth-order valence-corrected chi connectivity index (χ4v) is 2.78. The number of ether oxygens (including phenoxy) is 1. The summed E-state index contributed by atoms with van der Waals surface area (Å²) in [5, 5.41) is 16.3. The lowest BCUT2D eigenvalue weighted by molar-refractivity contribution is -0.119. The first-order valence-electron chi connectivity index (χ1n) is 8.63. The lowest BCUT2D eigenvalue weighted by atomic mass is 10.2. The number of thiazole rings is 1. The maximum Gasteiger partial charge on any atom is 0.230 e. The second-order valence-corrected chi connectivity index (χ2v) is 7.01. The van der Waals surface area contributed by atoms with Crippen molar-refractivity contribution in [3.63, 3.8) is 0 Å². The number of aromatic nitrogens is 1. The molecule has 0 spiro atoms. The van der Waals surface area contributed by atoms with Crippen LogP contribution in [-0.2, 0) is 16.0 Å². The average Bonchev–Trinajstić information content (AvgIpc) is 3.05. The van der Waals surface area contributed by atoms with Crippen LogP contribution in [0.4, 0.5) is 10.8 Å². The molecule has 1 aromatic carbocycles. The quantitative estimate of drug-likeness (QED) is 0.641. The Hall–Kier alpha value is -2.92. The van der Waals surface area contributed by atoms with E-state index in [0.717, 1.165) is 0 Å². The fraction of sp³-hybridized carbons (Fsp3) is 0.368. The summed E-state index contributed by atoms with van der Waals surface area (Å²) < 4.78 is 5.55. The first-order chi connectivity index (χ1) is 13.0. The summed E-state index contributed by atoms with van der Waals surface area (Å²) in [6.45, 7) is 4.06. The van der Waals surface area contributed by atoms with Crippen LogP contribution < -0.4 is 15.4 Å². The Morgan fingerprint density at radius 3 is 2.89 bits per heavy atom. The number of carbonyl (C=O) groups is 2. The van der Waals surface area contributed by atoms with Crippen LogP contribution in [0, 0.1) is 17.2 Å². The molecule has 2 rings (SSSR count). The summed E-state index contributed by atoms with van der Waals surface area (Å²) in [7, 11) is 0. The van der Waals surface area contributed by atoms with Gasteiger partial charge in [-0.25, -0.2) is 4.98 Å². The SMILES string of the molecule is CC(C)C(=O)Nc1nc(CC(=O)Nc2cccc(OCCCC#N)c2)cs1. The van der Waals surface area contributed by atoms with Crippen LogP contribution in [0.5, 0.6) is 5.75 Å². The number of hydrogen-bond acceptors (Lipinski definition) is 6. The Morgan fingerprint density at radius 1 is 1.33 bits per heavy atom. The number of benzene rings is 1. The Balaban J connectivity index is 1.86. The molecule has 0 bridgehead atoms. The van der Waals surface area contributed by atoms with Crippen LogP contribution in [0.25, 0.3) is 0 Å². The predicted molar refractivity (Wildman–Crippen MR) is 105 cm³/mol. The third-order valence-electron chi connectivity index (χ3n) is 3.47. The number of anilines is 2. The molecule has 1 aromatic heterocycles. The third kappa shape index (κ3) is 7.07. The summed E-state index contributed by atoms with van der Waals surface area (Å²) in [5.41, 5.74) is 1.22. The summed E-state index contributed by atoms with van der Waals surface area (Å²) in [6.07, 6.45) is 1.22. The van der Waals surface area contributed by atoms with Crippen molar-refractivity contribution in [1.29, 1.82) is 5.26 Å². The minimum atomic E-state index is -0.205. The molecule has 1 heterocycles. The third-order valence-corrected chi connectivity index (χ3v) is 4.27. The number of nitriles is 1. The van der Waals surface area contributed by atoms with E-state index in [2.05, 4.69) is 21.7 Å². The molecule has 2 N–H and O–H groups in total. The standard InChI is InChI=1S/C19H22N4O3S/c1-13(2)18(25)23-19-22-15(12-27-19)11-17(24)21-14-6-5-7-16(10-14)26-9-4-3-8-20/h5-7,10,12-13H,3-4,9,11H2,1-2H3,(H,21,24)(H,22,23,25). The van der Waals surface area contributed by atoms with Gasteiger partial charge in [-0.3, -0.25) is 9.59 Å². The molecule has 0 atom stereocenters. The van der Waals surface area contributed by atoms with Crippen LogP contribution in [-0.4, -0.2) is 23.4 Å². The molecule has 0 aliphatic carbocycles. The molecular weight excluding hydrogens is 364 g/mol. The van der Waals surface area contributed by atoms with Gasteiger partial charge in [-0.2, -0.15) is 5.26 Å². The summed E-state index contributed by atoms with van der Waals surface area (Å²) in [4.78, 5) is 28.2. The molecule has 7 nitrogen and oxygen atoms in total. The van der Waals surface area contributed by atoms with E-state index in [9.17, 15) is 9.59 Å². The van der Waals surface area contributed by atoms with Gasteiger partial charge in [0.2, 0.25) is 11.8 Å². The van der Waals surface area contributed by atoms with Gasteiger partial charge in [-0.1, -0.05) is 19.9 Å². The van der Waals surface area contributed by atoms with E-state index in [-0.39, 0.29) is 24.2 Å². The topological polar surface area (TPSA) is 104 Å². The van der Waals surface area contributed by atoms with Crippen molar-refractivity contribution < 1.29 is 14.3 Å². The van der Waals surface area contributed by atoms with Crippen LogP contribution in [0.2, 0.25) is 0 Å². The number of unbranched alkanes of at least 4 members (excludes halogenated alkanes) is 1. The van der Waals surface area contributed by atoms with E-state index in [1.165, 1.54) is 11.3 Å². The number of nitrogens with one attached hydrogen (secondary N) is 2. The van der Waals surface area contributed by atoms with Gasteiger partial charge in [0.15, 0.2) is 5.13 Å². The van der Waals surface area contributed by atoms with Crippen LogP contribution in [0.3, 0.4) is 0 Å². The van der Waals surface area contributed by atoms with E-state index in [1.807, 2.05) is 0 Å². The highest BCUT2D eigenvalue weighted by molar-refractivity contribution is 7.13. The number of rotatable bonds is 9. The molecule has 0 aliphatic rings. The average molecular weight is 386 g/mol. The van der Waals surface area contributed by atoms with Crippen molar-refractivity contribution in [2.45, 2.75) is 33.1 Å². The molecule has 0 fully saturated rings. The van der Waals surface area contributed by atoms with Crippen molar-refractivity contribution in [2.75, 3.05) is 17.2 Å². The zero-order valence-electron chi connectivity index (χ0n) is 15.3. The van der Waals surface area contributed by atoms with E-state index in [1.54, 1.807) is 43.5 Å². The minimum Gasteiger partial charge on any atom is -0.493 e. The first-order valence-corrected chi connectivity index (χ1v) is 9.51. The normalized spacial score (nSPS) is 10.3. The number of nitrogens with zero attached hydrogens (tertiary/aromatic N) is 2. The highest BCUT2D eigenvalue weighted by atomic mass is 32.1. The van der Waals surface area contributed by atoms with Crippen LogP contribution >= 0.6 is 11.3 Å². The van der Waals surface area contributed by atoms with Crippen molar-refractivity contribution in [2.24, 2.45) is 5.92 Å². The molecule has 0 unspecified atom stereocenters. The summed E-state index contributed by atoms with van der Waals surface area (Å²) >= 11 is 1.29. The highest BCUT2D eigenvalue weighted by Gasteiger charge is 2.12. The Morgan fingerprint density at radius 2 is 2.15 bits per heavy atom. The molecule has 142 valence electrons. The second-order valence-electron chi connectivity index (χ2n) is 6.15. The zero-order chi connectivity index (χ0) is 19.6. The molecule has 0 saturated heterocycles. The Labute approximate surface area is 162 Å². The van der Waals surface area contributed by atoms with Gasteiger partial charge >= 0.3 is 0 Å². The van der Waals surface area contributed by atoms with Gasteiger partial charge in [0, 0.05) is 29.5 Å². The zero-order valence-corrected chi connectivity index (χ0v) is 16.1. The molecule has 2 aromatic rings. The van der Waals surface area contributed by atoms with Crippen LogP contribution in [0.15, 0.2) is 29.6 Å². The van der Waals surface area contributed by atoms with E-state index in [0.29, 0.717) is 41.7 Å². The van der Waals surface area contributed by atoms with Crippen molar-refractivity contribution in [1.82, 2.24) is 4.98 Å². The van der Waals surface area contributed by atoms with Gasteiger partial charge in [0.05, 0.1) is 24.8 Å². The lowest BCUT2D eigenvalue weighted by Crippen LogP contribution is -2.18. The monoisotopic (exact) mass is 386 g/mol. The molecule has 2 amide bonds. The molecule has 0 aliphatic heterocycles. The second kappa shape index (κ2) is 10.3. The van der Waals surface area contributed by atoms with Crippen molar-refractivity contribution >= 4 is 34.0 Å². The van der Waals surface area contributed by atoms with Gasteiger partial charge < -0.3 is 15.4 Å². The van der Waals surface area contributed by atoms with E-state index < -0.39 is 0 Å². The van der Waals surface area contributed by atoms with Crippen LogP contribution in [0.1, 0.15) is 32.4 Å². The van der Waals surface area contributed by atoms with Crippen molar-refractivity contribution in [3.05, 3.63) is 35.3 Å². The van der Waals surface area contributed by atoms with Gasteiger partial charge in [-0.15, -0.1) is 11.3 Å². The number of carbonyl (C=O) groups excluding carboxylic acids is 2. The molecule has 0 saturated carbocycles. The number of amides is 2. The number of hydrogen-bond donors (Lipinski definition) is 2. The Bertz CT molecular complexity index is 826. The molecule has 8 heteroatoms. The minimum absolute atomic E-state index is 0.105. The first kappa shape index (κ1) is 20.4. The predicted octanol–water partition coefficient (Wildman–Crippen LogP) is 3.60. The fourth-order valence-electron chi connectivity index (χ4n) is 2.07. The summed E-state index contributed by atoms with van der Waals surface area (Å²) in [5.74, 6) is 0.198. The Kier molecular flexibility index (Phi) is 7.77. The largest absolute Gasteiger partial charge is 0.493 e. The summed E-state index contributed by atoms with van der Waals surface area (Å²) in [6, 6.07) is 9.16. The molecule has 27 heavy (non-hydrogen) atoms. The van der Waals surface area contributed by atoms with E-state index in [4.69, 9.17) is 10.00 Å². The smallest absolute Gasteiger partial charge is 0.230 e. The van der Waals surface area contributed by atoms with Gasteiger partial charge in [-0.05, 0) is 18.6 Å². The lowest BCUT2D eigenvalue weighted by Gasteiger charge is -2.08. The molecular formula is C19H22N4O3S. The van der Waals surface area contributed by atoms with Gasteiger partial charge in [0.1, 0.15) is 5.75 Å². The van der Waals surface area contributed by atoms with Crippen molar-refractivity contribution in [3.8, 4) is 11.8 Å². The maximum atomic E-state index is 12.2. The van der Waals surface area contributed by atoms with Gasteiger partial charge in [0.25, 0.3) is 0 Å². The highest BCUT2D eigenvalue weighted by Crippen LogP contribution is 2.19.